The highest BCUT2D eigenvalue weighted by Gasteiger charge is 2.73. The zero-order chi connectivity index (χ0) is 19.8. The maximum Gasteiger partial charge on any atom is 0.509 e. The molecule has 0 bridgehead atoms. The summed E-state index contributed by atoms with van der Waals surface area (Å²) in [5.74, 6) is -13.0. The molecule has 0 N–H and O–H groups in total. The molecule has 16 heteroatoms. The van der Waals surface area contributed by atoms with Crippen molar-refractivity contribution in [1.82, 2.24) is 0 Å². The normalized spacial score (nSPS) is 14.8. The molecule has 0 aromatic carbocycles. The van der Waals surface area contributed by atoms with Crippen LogP contribution in [0, 0.1) is 0 Å². The van der Waals surface area contributed by atoms with Crippen LogP contribution in [0.15, 0.2) is 0 Å². The molecule has 144 valence electrons. The quantitative estimate of drug-likeness (QED) is 0.522. The van der Waals surface area contributed by atoms with Gasteiger partial charge in [0, 0.05) is 0 Å². The lowest BCUT2D eigenvalue weighted by Gasteiger charge is -2.28. The van der Waals surface area contributed by atoms with E-state index in [4.69, 9.17) is 0 Å². The Kier molecular flexibility index (Phi) is 5.91. The summed E-state index contributed by atoms with van der Waals surface area (Å²) in [4.78, 5) is 10.5. The van der Waals surface area contributed by atoms with Gasteiger partial charge in [-0.15, -0.1) is 0 Å². The van der Waals surface area contributed by atoms with Crippen molar-refractivity contribution in [2.45, 2.75) is 36.5 Å². The van der Waals surface area contributed by atoms with E-state index in [0.717, 1.165) is 0 Å². The van der Waals surface area contributed by atoms with Crippen LogP contribution < -0.4 is 0 Å². The van der Waals surface area contributed by atoms with Gasteiger partial charge >= 0.3 is 36.5 Å². The second kappa shape index (κ2) is 6.34. The summed E-state index contributed by atoms with van der Waals surface area (Å²) in [6.07, 6.45) is -27.5. The molecule has 0 aromatic heterocycles. The van der Waals surface area contributed by atoms with Gasteiger partial charge < -0.3 is 9.47 Å². The first-order valence-corrected chi connectivity index (χ1v) is 5.02. The molecule has 0 saturated carbocycles. The fraction of sp³-hybridized carbons (Fsp3) is 0.875. The van der Waals surface area contributed by atoms with E-state index in [9.17, 15) is 61.9 Å². The maximum atomic E-state index is 12.6. The average Bonchev–Trinajstić information content (AvgIpc) is 2.29. The molecule has 0 aliphatic heterocycles. The Morgan fingerprint density at radius 2 is 1.12 bits per heavy atom. The van der Waals surface area contributed by atoms with E-state index < -0.39 is 49.2 Å². The van der Waals surface area contributed by atoms with Gasteiger partial charge in [0.05, 0.1) is 0 Å². The summed E-state index contributed by atoms with van der Waals surface area (Å²) in [7, 11) is 0. The molecule has 0 aliphatic carbocycles. The third kappa shape index (κ3) is 5.19. The predicted molar refractivity (Wildman–Crippen MR) is 44.3 cm³/mol. The molecule has 0 aromatic rings. The number of carbonyl (C=O) groups is 1. The van der Waals surface area contributed by atoms with E-state index >= 15 is 0 Å². The number of alkyl halides is 13. The topological polar surface area (TPSA) is 35.5 Å². The Balaban J connectivity index is 5.03. The van der Waals surface area contributed by atoms with Crippen LogP contribution in [0.3, 0.4) is 0 Å². The van der Waals surface area contributed by atoms with Gasteiger partial charge in [-0.1, -0.05) is 0 Å². The Bertz CT molecular complexity index is 432. The zero-order valence-electron chi connectivity index (χ0n) is 10.4. The lowest BCUT2D eigenvalue weighted by Crippen LogP contribution is -2.54. The first kappa shape index (κ1) is 22.4. The van der Waals surface area contributed by atoms with E-state index in [0.29, 0.717) is 0 Å². The van der Waals surface area contributed by atoms with E-state index in [1.165, 1.54) is 0 Å². The Morgan fingerprint density at radius 1 is 0.750 bits per heavy atom. The monoisotopic (exact) mass is 394 g/mol. The summed E-state index contributed by atoms with van der Waals surface area (Å²) < 4.78 is 162. The number of rotatable bonds is 4. The maximum absolute atomic E-state index is 12.6. The Labute approximate surface area is 122 Å². The number of ether oxygens (including phenoxy) is 2. The first-order chi connectivity index (χ1) is 10.2. The lowest BCUT2D eigenvalue weighted by molar-refractivity contribution is -0.360. The van der Waals surface area contributed by atoms with Crippen LogP contribution in [0.1, 0.15) is 0 Å². The first-order valence-electron chi connectivity index (χ1n) is 5.02. The minimum absolute atomic E-state index is 2.60. The number of hydrogen-bond acceptors (Lipinski definition) is 3. The van der Waals surface area contributed by atoms with Crippen molar-refractivity contribution in [1.29, 1.82) is 0 Å². The summed E-state index contributed by atoms with van der Waals surface area (Å²) in [5.41, 5.74) is 0. The molecule has 0 atom stereocenters. The predicted octanol–water partition coefficient (Wildman–Crippen LogP) is 4.47. The Hall–Kier alpha value is -1.64. The standard InChI is InChI=1S/C8H3F13O3/c9-4(10,7(17,18)8(19,20)21)1-23-3(22)24-2(5(11,12)13)6(14,15)16/h2H,1H2. The second-order valence-corrected chi connectivity index (χ2v) is 3.90. The third-order valence-electron chi connectivity index (χ3n) is 2.00. The van der Waals surface area contributed by atoms with E-state index in [1.54, 1.807) is 0 Å². The molecule has 0 fully saturated rings. The molecular weight excluding hydrogens is 391 g/mol. The van der Waals surface area contributed by atoms with Gasteiger partial charge in [-0.3, -0.25) is 0 Å². The second-order valence-electron chi connectivity index (χ2n) is 3.90. The van der Waals surface area contributed by atoms with Crippen molar-refractivity contribution < 1.29 is 71.3 Å². The van der Waals surface area contributed by atoms with Gasteiger partial charge in [0.25, 0.3) is 6.10 Å². The van der Waals surface area contributed by atoms with Crippen molar-refractivity contribution in [2.75, 3.05) is 6.61 Å². The molecule has 24 heavy (non-hydrogen) atoms. The largest absolute Gasteiger partial charge is 0.509 e. The molecular formula is C8H3F13O3. The van der Waals surface area contributed by atoms with Gasteiger partial charge in [0.15, 0.2) is 6.61 Å². The molecule has 0 amide bonds. The summed E-state index contributed by atoms with van der Waals surface area (Å²) in [6, 6.07) is 0. The van der Waals surface area contributed by atoms with Crippen LogP contribution in [-0.2, 0) is 9.47 Å². The average molecular weight is 394 g/mol. The van der Waals surface area contributed by atoms with Crippen molar-refractivity contribution >= 4 is 6.16 Å². The van der Waals surface area contributed by atoms with Gasteiger partial charge in [-0.25, -0.2) is 4.79 Å². The fourth-order valence-corrected chi connectivity index (χ4v) is 0.897. The number of halogens is 13. The molecule has 0 rings (SSSR count). The fourth-order valence-electron chi connectivity index (χ4n) is 0.897. The van der Waals surface area contributed by atoms with Crippen LogP contribution in [0.4, 0.5) is 61.9 Å². The van der Waals surface area contributed by atoms with Gasteiger partial charge in [-0.05, 0) is 0 Å². The molecule has 3 nitrogen and oxygen atoms in total. The zero-order valence-corrected chi connectivity index (χ0v) is 10.4. The van der Waals surface area contributed by atoms with Crippen LogP contribution in [0.2, 0.25) is 0 Å². The van der Waals surface area contributed by atoms with Gasteiger partial charge in [0.2, 0.25) is 0 Å². The molecule has 0 radical (unpaired) electrons. The van der Waals surface area contributed by atoms with Gasteiger partial charge in [-0.2, -0.15) is 57.1 Å². The van der Waals surface area contributed by atoms with Gasteiger partial charge in [0.1, 0.15) is 0 Å². The smallest absolute Gasteiger partial charge is 0.428 e. The molecule has 0 heterocycles. The minimum Gasteiger partial charge on any atom is -0.428 e. The van der Waals surface area contributed by atoms with Crippen molar-refractivity contribution in [2.24, 2.45) is 0 Å². The minimum atomic E-state index is -6.84. The molecule has 0 spiro atoms. The highest BCUT2D eigenvalue weighted by atomic mass is 19.4. The van der Waals surface area contributed by atoms with Crippen LogP contribution >= 0.6 is 0 Å². The number of hydrogen-bond donors (Lipinski definition) is 0. The summed E-state index contributed by atoms with van der Waals surface area (Å²) >= 11 is 0. The highest BCUT2D eigenvalue weighted by Crippen LogP contribution is 2.46. The molecule has 0 saturated heterocycles. The van der Waals surface area contributed by atoms with Crippen LogP contribution in [0.25, 0.3) is 0 Å². The lowest BCUT2D eigenvalue weighted by atomic mass is 10.2. The van der Waals surface area contributed by atoms with Crippen molar-refractivity contribution in [3.8, 4) is 0 Å². The van der Waals surface area contributed by atoms with E-state index in [2.05, 4.69) is 9.47 Å². The van der Waals surface area contributed by atoms with Crippen LogP contribution in [-0.4, -0.2) is 49.2 Å². The van der Waals surface area contributed by atoms with E-state index in [1.807, 2.05) is 0 Å². The summed E-state index contributed by atoms with van der Waals surface area (Å²) in [5, 5.41) is 0. The van der Waals surface area contributed by atoms with E-state index in [-0.39, 0.29) is 0 Å². The molecule has 0 unspecified atom stereocenters. The van der Waals surface area contributed by atoms with Crippen molar-refractivity contribution in [3.05, 3.63) is 0 Å². The van der Waals surface area contributed by atoms with Crippen molar-refractivity contribution in [3.63, 3.8) is 0 Å². The number of carbonyl (C=O) groups excluding carboxylic acids is 1. The highest BCUT2D eigenvalue weighted by molar-refractivity contribution is 5.60. The summed E-state index contributed by atoms with van der Waals surface area (Å²) in [6.45, 7) is -3.19. The SMILES string of the molecule is O=C(OCC(F)(F)C(F)(F)C(F)(F)F)OC(C(F)(F)F)C(F)(F)F. The third-order valence-corrected chi connectivity index (χ3v) is 2.00. The van der Waals surface area contributed by atoms with Crippen LogP contribution in [0.5, 0.6) is 0 Å². The Morgan fingerprint density at radius 3 is 1.42 bits per heavy atom. The molecule has 0 aliphatic rings.